The highest BCUT2D eigenvalue weighted by Gasteiger charge is 2.27. The molecule has 4 rings (SSSR count). The molecule has 0 bridgehead atoms. The van der Waals surface area contributed by atoms with Crippen LogP contribution in [0.2, 0.25) is 0 Å². The average Bonchev–Trinajstić information content (AvgIpc) is 3.42. The number of fused-ring (bicyclic) bond motifs is 1. The number of thioether (sulfide) groups is 1. The van der Waals surface area contributed by atoms with Crippen molar-refractivity contribution in [3.8, 4) is 6.07 Å². The molecule has 1 saturated carbocycles. The minimum absolute atomic E-state index is 0.0105. The van der Waals surface area contributed by atoms with Gasteiger partial charge >= 0.3 is 0 Å². The average molecular weight is 422 g/mol. The van der Waals surface area contributed by atoms with Gasteiger partial charge in [0.2, 0.25) is 5.91 Å². The lowest BCUT2D eigenvalue weighted by atomic mass is 10.1. The van der Waals surface area contributed by atoms with Crippen LogP contribution in [-0.4, -0.2) is 28.5 Å². The molecule has 1 aliphatic carbocycles. The third-order valence-corrected chi connectivity index (χ3v) is 7.18. The van der Waals surface area contributed by atoms with E-state index in [4.69, 9.17) is 0 Å². The molecule has 0 saturated heterocycles. The number of carbonyl (C=O) groups is 2. The van der Waals surface area contributed by atoms with Crippen LogP contribution in [0, 0.1) is 11.3 Å². The molecule has 5 nitrogen and oxygen atoms in total. The smallest absolute Gasteiger partial charge is 0.228 e. The van der Waals surface area contributed by atoms with Crippen molar-refractivity contribution < 1.29 is 9.59 Å². The number of nitrogens with zero attached hydrogens (tertiary/aromatic N) is 2. The number of benzene rings is 1. The molecular formula is C22H19N3O2S2. The maximum atomic E-state index is 12.7. The Hall–Kier alpha value is -2.69. The number of thiophene rings is 1. The Morgan fingerprint density at radius 2 is 2.03 bits per heavy atom. The second kappa shape index (κ2) is 8.36. The van der Waals surface area contributed by atoms with Gasteiger partial charge in [0, 0.05) is 27.9 Å². The molecule has 29 heavy (non-hydrogen) atoms. The van der Waals surface area contributed by atoms with Gasteiger partial charge in [-0.05, 0) is 31.9 Å². The number of amides is 1. The molecule has 2 heterocycles. The van der Waals surface area contributed by atoms with E-state index in [1.165, 1.54) is 23.1 Å². The van der Waals surface area contributed by atoms with Gasteiger partial charge in [0.25, 0.3) is 0 Å². The summed E-state index contributed by atoms with van der Waals surface area (Å²) in [5, 5.41) is 14.7. The lowest BCUT2D eigenvalue weighted by Crippen LogP contribution is -2.29. The number of carbonyl (C=O) groups excluding carboxylic acids is 2. The third-order valence-electron chi connectivity index (χ3n) is 4.86. The quantitative estimate of drug-likeness (QED) is 0.448. The molecule has 3 aromatic rings. The van der Waals surface area contributed by atoms with Gasteiger partial charge in [0.05, 0.1) is 22.1 Å². The standard InChI is InChI=1S/C22H19N3O2S2/c1-13(21(27)25-15-6-7-15)19-8-9-20(29-19)18(26)12-28-22-17-5-3-2-4-16(17)14(10-23)11-24-22/h2-5,8-9,11,13,15H,6-7,12H2,1H3,(H,25,27). The molecule has 1 fully saturated rings. The number of hydrogen-bond acceptors (Lipinski definition) is 6. The van der Waals surface area contributed by atoms with Crippen molar-refractivity contribution in [3.05, 3.63) is 57.9 Å². The van der Waals surface area contributed by atoms with Gasteiger partial charge in [0.15, 0.2) is 5.78 Å². The summed E-state index contributed by atoms with van der Waals surface area (Å²) in [5.41, 5.74) is 0.526. The minimum Gasteiger partial charge on any atom is -0.353 e. The van der Waals surface area contributed by atoms with E-state index in [1.54, 1.807) is 12.3 Å². The highest BCUT2D eigenvalue weighted by atomic mass is 32.2. The second-order valence-corrected chi connectivity index (χ2v) is 9.13. The zero-order chi connectivity index (χ0) is 20.4. The van der Waals surface area contributed by atoms with E-state index < -0.39 is 0 Å². The summed E-state index contributed by atoms with van der Waals surface area (Å²) in [6.45, 7) is 1.87. The van der Waals surface area contributed by atoms with Crippen LogP contribution in [0.1, 0.15) is 45.8 Å². The van der Waals surface area contributed by atoms with Crippen LogP contribution in [0.15, 0.2) is 47.6 Å². The molecule has 0 aliphatic heterocycles. The lowest BCUT2D eigenvalue weighted by Gasteiger charge is -2.09. The van der Waals surface area contributed by atoms with E-state index in [0.29, 0.717) is 16.5 Å². The van der Waals surface area contributed by atoms with Crippen molar-refractivity contribution in [3.63, 3.8) is 0 Å². The number of rotatable bonds is 7. The van der Waals surface area contributed by atoms with E-state index in [0.717, 1.165) is 33.5 Å². The predicted molar refractivity (Wildman–Crippen MR) is 115 cm³/mol. The van der Waals surface area contributed by atoms with Gasteiger partial charge in [0.1, 0.15) is 11.1 Å². The van der Waals surface area contributed by atoms with Crippen molar-refractivity contribution in [2.45, 2.75) is 36.8 Å². The molecule has 146 valence electrons. The molecule has 7 heteroatoms. The van der Waals surface area contributed by atoms with Crippen LogP contribution >= 0.6 is 23.1 Å². The van der Waals surface area contributed by atoms with Crippen molar-refractivity contribution >= 4 is 45.6 Å². The summed E-state index contributed by atoms with van der Waals surface area (Å²) >= 11 is 2.75. The largest absolute Gasteiger partial charge is 0.353 e. The molecule has 1 aromatic carbocycles. The molecule has 1 aliphatic rings. The fourth-order valence-electron chi connectivity index (χ4n) is 2.99. The Morgan fingerprint density at radius 1 is 1.28 bits per heavy atom. The lowest BCUT2D eigenvalue weighted by molar-refractivity contribution is -0.122. The van der Waals surface area contributed by atoms with Crippen molar-refractivity contribution in [1.29, 1.82) is 5.26 Å². The first-order valence-electron chi connectivity index (χ1n) is 9.40. The van der Waals surface area contributed by atoms with E-state index in [9.17, 15) is 14.9 Å². The van der Waals surface area contributed by atoms with Gasteiger partial charge in [-0.15, -0.1) is 11.3 Å². The summed E-state index contributed by atoms with van der Waals surface area (Å²) < 4.78 is 0. The Labute approximate surface area is 177 Å². The maximum Gasteiger partial charge on any atom is 0.228 e. The summed E-state index contributed by atoms with van der Waals surface area (Å²) in [7, 11) is 0. The van der Waals surface area contributed by atoms with Gasteiger partial charge in [-0.25, -0.2) is 4.98 Å². The van der Waals surface area contributed by atoms with Crippen LogP contribution in [-0.2, 0) is 4.79 Å². The summed E-state index contributed by atoms with van der Waals surface area (Å²) in [5.74, 6) is 0.0390. The third kappa shape index (κ3) is 4.34. The molecule has 0 spiro atoms. The van der Waals surface area contributed by atoms with E-state index in [1.807, 2.05) is 37.3 Å². The number of nitrogens with one attached hydrogen (secondary N) is 1. The highest BCUT2D eigenvalue weighted by Crippen LogP contribution is 2.31. The maximum absolute atomic E-state index is 12.7. The second-order valence-electron chi connectivity index (χ2n) is 7.05. The van der Waals surface area contributed by atoms with Crippen molar-refractivity contribution in [1.82, 2.24) is 10.3 Å². The number of nitriles is 1. The van der Waals surface area contributed by atoms with Gasteiger partial charge in [-0.2, -0.15) is 5.26 Å². The molecule has 2 aromatic heterocycles. The predicted octanol–water partition coefficient (Wildman–Crippen LogP) is 4.53. The number of ketones is 1. The van der Waals surface area contributed by atoms with E-state index >= 15 is 0 Å². The Morgan fingerprint density at radius 3 is 2.76 bits per heavy atom. The molecule has 1 atom stereocenters. The number of aromatic nitrogens is 1. The summed E-state index contributed by atoms with van der Waals surface area (Å²) in [4.78, 5) is 30.8. The van der Waals surface area contributed by atoms with Crippen molar-refractivity contribution in [2.75, 3.05) is 5.75 Å². The van der Waals surface area contributed by atoms with Crippen LogP contribution in [0.3, 0.4) is 0 Å². The fourth-order valence-corrected chi connectivity index (χ4v) is 4.97. The van der Waals surface area contributed by atoms with Gasteiger partial charge in [-0.3, -0.25) is 9.59 Å². The van der Waals surface area contributed by atoms with E-state index in [-0.39, 0.29) is 23.4 Å². The number of pyridine rings is 1. The fraction of sp³-hybridized carbons (Fsp3) is 0.273. The van der Waals surface area contributed by atoms with Gasteiger partial charge in [-0.1, -0.05) is 36.0 Å². The molecule has 1 N–H and O–H groups in total. The SMILES string of the molecule is CC(C(=O)NC1CC1)c1ccc(C(=O)CSc2ncc(C#N)c3ccccc23)s1. The van der Waals surface area contributed by atoms with Crippen LogP contribution in [0.25, 0.3) is 10.8 Å². The number of Topliss-reactive ketones (excluding diaryl/α,β-unsaturated/α-hetero) is 1. The van der Waals surface area contributed by atoms with Gasteiger partial charge < -0.3 is 5.32 Å². The topological polar surface area (TPSA) is 82.8 Å². The first kappa shape index (κ1) is 19.6. The van der Waals surface area contributed by atoms with Crippen LogP contribution in [0.5, 0.6) is 0 Å². The molecular weight excluding hydrogens is 402 g/mol. The monoisotopic (exact) mass is 421 g/mol. The zero-order valence-corrected chi connectivity index (χ0v) is 17.5. The summed E-state index contributed by atoms with van der Waals surface area (Å²) in [6.07, 6.45) is 3.67. The first-order valence-corrected chi connectivity index (χ1v) is 11.2. The van der Waals surface area contributed by atoms with Crippen molar-refractivity contribution in [2.24, 2.45) is 0 Å². The van der Waals surface area contributed by atoms with Crippen LogP contribution < -0.4 is 5.32 Å². The molecule has 1 amide bonds. The van der Waals surface area contributed by atoms with E-state index in [2.05, 4.69) is 16.4 Å². The Balaban J connectivity index is 1.44. The van der Waals surface area contributed by atoms with Crippen LogP contribution in [0.4, 0.5) is 0 Å². The Bertz CT molecular complexity index is 1130. The minimum atomic E-state index is -0.251. The Kier molecular flexibility index (Phi) is 5.65. The zero-order valence-electron chi connectivity index (χ0n) is 15.8. The highest BCUT2D eigenvalue weighted by molar-refractivity contribution is 8.00. The number of hydrogen-bond donors (Lipinski definition) is 1. The normalized spacial score (nSPS) is 14.3. The molecule has 0 radical (unpaired) electrons. The molecule has 1 unspecified atom stereocenters. The first-order chi connectivity index (χ1) is 14.1. The summed E-state index contributed by atoms with van der Waals surface area (Å²) in [6, 6.07) is 13.7.